The van der Waals surface area contributed by atoms with Gasteiger partial charge >= 0.3 is 0 Å². The molecular formula is C26H32F2N6O3. The van der Waals surface area contributed by atoms with Crippen LogP contribution in [-0.2, 0) is 9.53 Å². The molecule has 11 heteroatoms. The van der Waals surface area contributed by atoms with E-state index < -0.39 is 17.5 Å². The number of aromatic nitrogens is 1. The molecule has 2 fully saturated rings. The molecule has 4 N–H and O–H groups in total. The van der Waals surface area contributed by atoms with Crippen LogP contribution in [0, 0.1) is 18.6 Å². The highest BCUT2D eigenvalue weighted by atomic mass is 19.1. The Hall–Kier alpha value is -3.73. The second-order valence-corrected chi connectivity index (χ2v) is 9.37. The third kappa shape index (κ3) is 5.66. The molecule has 198 valence electrons. The number of nitrogens with two attached hydrogens (primary N) is 1. The Balaban J connectivity index is 1.62. The van der Waals surface area contributed by atoms with E-state index in [-0.39, 0.29) is 46.4 Å². The monoisotopic (exact) mass is 514 g/mol. The van der Waals surface area contributed by atoms with Gasteiger partial charge in [0.25, 0.3) is 5.91 Å². The van der Waals surface area contributed by atoms with Gasteiger partial charge in [0, 0.05) is 43.0 Å². The van der Waals surface area contributed by atoms with Crippen LogP contribution < -0.4 is 21.3 Å². The van der Waals surface area contributed by atoms with E-state index in [9.17, 15) is 9.59 Å². The summed E-state index contributed by atoms with van der Waals surface area (Å²) in [6.45, 7) is 9.63. The van der Waals surface area contributed by atoms with Crippen molar-refractivity contribution in [3.63, 3.8) is 0 Å². The Morgan fingerprint density at radius 2 is 2.05 bits per heavy atom. The van der Waals surface area contributed by atoms with E-state index in [1.165, 1.54) is 19.1 Å². The summed E-state index contributed by atoms with van der Waals surface area (Å²) in [7, 11) is 0. The molecule has 4 rings (SSSR count). The van der Waals surface area contributed by atoms with E-state index in [1.54, 1.807) is 17.0 Å². The maximum atomic E-state index is 15.2. The summed E-state index contributed by atoms with van der Waals surface area (Å²) in [5.41, 5.74) is 6.13. The molecule has 0 aliphatic carbocycles. The molecule has 2 aromatic rings. The molecule has 0 spiro atoms. The predicted octanol–water partition coefficient (Wildman–Crippen LogP) is 3.32. The Bertz CT molecular complexity index is 1210. The molecule has 2 amide bonds. The number of ether oxygens (including phenoxy) is 1. The van der Waals surface area contributed by atoms with Gasteiger partial charge in [-0.2, -0.15) is 0 Å². The molecule has 9 nitrogen and oxygen atoms in total. The lowest BCUT2D eigenvalue weighted by atomic mass is 10.0. The molecule has 2 atom stereocenters. The topological polar surface area (TPSA) is 113 Å². The first-order chi connectivity index (χ1) is 17.7. The predicted molar refractivity (Wildman–Crippen MR) is 138 cm³/mol. The molecule has 3 heterocycles. The Kier molecular flexibility index (Phi) is 7.91. The van der Waals surface area contributed by atoms with Gasteiger partial charge in [0.15, 0.2) is 11.6 Å². The van der Waals surface area contributed by atoms with Gasteiger partial charge in [-0.1, -0.05) is 6.58 Å². The van der Waals surface area contributed by atoms with Gasteiger partial charge in [0.2, 0.25) is 5.91 Å². The second-order valence-electron chi connectivity index (χ2n) is 9.37. The lowest BCUT2D eigenvalue weighted by Gasteiger charge is -2.35. The van der Waals surface area contributed by atoms with E-state index in [2.05, 4.69) is 27.1 Å². The first kappa shape index (κ1) is 26.3. The molecule has 2 aliphatic rings. The van der Waals surface area contributed by atoms with Crippen molar-refractivity contribution >= 4 is 34.8 Å². The average Bonchev–Trinajstić information content (AvgIpc) is 2.88. The molecule has 0 saturated carbocycles. The number of carbonyl (C=O) groups excluding carboxylic acids is 2. The zero-order valence-corrected chi connectivity index (χ0v) is 21.0. The molecular weight excluding hydrogens is 482 g/mol. The number of hydrogen-bond acceptors (Lipinski definition) is 7. The van der Waals surface area contributed by atoms with Crippen LogP contribution >= 0.6 is 0 Å². The van der Waals surface area contributed by atoms with Crippen molar-refractivity contribution in [1.29, 1.82) is 0 Å². The van der Waals surface area contributed by atoms with Crippen LogP contribution in [0.5, 0.6) is 0 Å². The highest BCUT2D eigenvalue weighted by Gasteiger charge is 2.27. The number of hydrogen-bond donors (Lipinski definition) is 3. The fourth-order valence-electron chi connectivity index (χ4n) is 4.81. The minimum absolute atomic E-state index is 0.0125. The van der Waals surface area contributed by atoms with Crippen molar-refractivity contribution in [3.05, 3.63) is 53.6 Å². The number of nitrogens with zero attached hydrogens (tertiary/aromatic N) is 3. The number of benzene rings is 1. The normalized spacial score (nSPS) is 19.9. The van der Waals surface area contributed by atoms with E-state index in [0.29, 0.717) is 45.0 Å². The summed E-state index contributed by atoms with van der Waals surface area (Å²) in [4.78, 5) is 32.2. The maximum absolute atomic E-state index is 15.2. The van der Waals surface area contributed by atoms with Crippen LogP contribution in [0.4, 0.5) is 31.8 Å². The average molecular weight is 515 g/mol. The minimum Gasteiger partial charge on any atom is -0.377 e. The molecule has 0 unspecified atom stereocenters. The molecule has 2 saturated heterocycles. The van der Waals surface area contributed by atoms with Crippen LogP contribution in [0.2, 0.25) is 0 Å². The van der Waals surface area contributed by atoms with E-state index in [0.717, 1.165) is 6.42 Å². The number of piperidine rings is 1. The van der Waals surface area contributed by atoms with Crippen LogP contribution in [0.15, 0.2) is 30.9 Å². The highest BCUT2D eigenvalue weighted by Crippen LogP contribution is 2.31. The summed E-state index contributed by atoms with van der Waals surface area (Å²) >= 11 is 0. The number of carbonyl (C=O) groups is 2. The fraction of sp³-hybridized carbons (Fsp3) is 0.423. The van der Waals surface area contributed by atoms with Gasteiger partial charge in [-0.25, -0.2) is 13.8 Å². The number of pyridine rings is 1. The highest BCUT2D eigenvalue weighted by molar-refractivity contribution is 6.00. The summed E-state index contributed by atoms with van der Waals surface area (Å²) in [6.07, 6.45) is 2.66. The number of primary amides is 1. The Labute approximate surface area is 214 Å². The summed E-state index contributed by atoms with van der Waals surface area (Å²) < 4.78 is 35.9. The minimum atomic E-state index is -0.891. The van der Waals surface area contributed by atoms with Crippen molar-refractivity contribution in [2.45, 2.75) is 38.8 Å². The number of rotatable bonds is 7. The first-order valence-corrected chi connectivity index (χ1v) is 12.3. The van der Waals surface area contributed by atoms with Crippen molar-refractivity contribution in [3.8, 4) is 0 Å². The van der Waals surface area contributed by atoms with Crippen molar-refractivity contribution in [2.24, 2.45) is 5.73 Å². The van der Waals surface area contributed by atoms with Gasteiger partial charge in [0.05, 0.1) is 24.5 Å². The molecule has 37 heavy (non-hydrogen) atoms. The number of halogens is 2. The molecule has 0 radical (unpaired) electrons. The number of likely N-dealkylation sites (tertiary alicyclic amines) is 1. The van der Waals surface area contributed by atoms with Crippen LogP contribution in [0.25, 0.3) is 0 Å². The lowest BCUT2D eigenvalue weighted by molar-refractivity contribution is -0.127. The van der Waals surface area contributed by atoms with Crippen LogP contribution in [0.3, 0.4) is 0 Å². The molecule has 1 aromatic carbocycles. The third-order valence-electron chi connectivity index (χ3n) is 6.77. The Morgan fingerprint density at radius 1 is 1.27 bits per heavy atom. The zero-order chi connectivity index (χ0) is 26.7. The van der Waals surface area contributed by atoms with Crippen molar-refractivity contribution < 1.29 is 23.1 Å². The zero-order valence-electron chi connectivity index (χ0n) is 21.0. The lowest BCUT2D eigenvalue weighted by Crippen LogP contribution is -2.44. The largest absolute Gasteiger partial charge is 0.377 e. The van der Waals surface area contributed by atoms with E-state index >= 15 is 8.78 Å². The van der Waals surface area contributed by atoms with E-state index in [1.807, 2.05) is 6.92 Å². The summed E-state index contributed by atoms with van der Waals surface area (Å²) in [5, 5.41) is 5.87. The first-order valence-electron chi connectivity index (χ1n) is 12.3. The van der Waals surface area contributed by atoms with Crippen LogP contribution in [-0.4, -0.2) is 66.6 Å². The standard InChI is InChI=1S/C26H32F2N6O3/c1-4-21(35)33-9-5-6-17(13-33)30-26-23(28)16(3)22(24(29)36)25(32-26)31-20-8-7-18(12-19(20)27)34-10-11-37-14-15(34)2/h4,7-8,12,15,17H,1,5-6,9-11,13-14H2,2-3H3,(H2,29,36)(H2,30,31,32)/t15-,17+/m0/s1. The quantitative estimate of drug-likeness (QED) is 0.486. The SMILES string of the molecule is C=CC(=O)N1CCC[C@@H](Nc2nc(Nc3ccc(N4CCOC[C@@H]4C)cc3F)c(C(N)=O)c(C)c2F)C1. The van der Waals surface area contributed by atoms with E-state index in [4.69, 9.17) is 10.5 Å². The number of amides is 2. The summed E-state index contributed by atoms with van der Waals surface area (Å²) in [5.74, 6) is -2.55. The molecule has 2 aliphatic heterocycles. The number of anilines is 4. The smallest absolute Gasteiger partial charge is 0.252 e. The number of morpholine rings is 1. The second kappa shape index (κ2) is 11.1. The number of nitrogens with one attached hydrogen (secondary N) is 2. The fourth-order valence-corrected chi connectivity index (χ4v) is 4.81. The van der Waals surface area contributed by atoms with Gasteiger partial charge in [-0.3, -0.25) is 9.59 Å². The maximum Gasteiger partial charge on any atom is 0.252 e. The Morgan fingerprint density at radius 3 is 2.73 bits per heavy atom. The van der Waals surface area contributed by atoms with Gasteiger partial charge in [-0.15, -0.1) is 0 Å². The van der Waals surface area contributed by atoms with Crippen molar-refractivity contribution in [2.75, 3.05) is 48.4 Å². The molecule has 1 aromatic heterocycles. The summed E-state index contributed by atoms with van der Waals surface area (Å²) in [6, 6.07) is 4.54. The van der Waals surface area contributed by atoms with Gasteiger partial charge < -0.3 is 30.9 Å². The van der Waals surface area contributed by atoms with Crippen LogP contribution in [0.1, 0.15) is 35.7 Å². The van der Waals surface area contributed by atoms with Gasteiger partial charge in [-0.05, 0) is 51.0 Å². The van der Waals surface area contributed by atoms with Crippen molar-refractivity contribution in [1.82, 2.24) is 9.88 Å². The molecule has 0 bridgehead atoms. The third-order valence-corrected chi connectivity index (χ3v) is 6.77. The van der Waals surface area contributed by atoms with Gasteiger partial charge in [0.1, 0.15) is 11.6 Å².